The molecular formula is C21H19N3O7S. The standard InChI is InChI=1S/C21H19N3O7S/c1-14(25)22(2)16-8-10-17(11-9-16)23(32(3,29)30)21(26)20-13-12-19(31-20)15-4-6-18(7-5-15)24(27)28/h4-13H,1-3H3. The second kappa shape index (κ2) is 8.63. The van der Waals surface area contributed by atoms with E-state index in [2.05, 4.69) is 0 Å². The monoisotopic (exact) mass is 457 g/mol. The highest BCUT2D eigenvalue weighted by Gasteiger charge is 2.29. The summed E-state index contributed by atoms with van der Waals surface area (Å²) in [5.74, 6) is -1.10. The summed E-state index contributed by atoms with van der Waals surface area (Å²) in [6, 6.07) is 14.2. The van der Waals surface area contributed by atoms with Gasteiger partial charge in [-0.3, -0.25) is 19.7 Å². The number of carbonyl (C=O) groups excluding carboxylic acids is 2. The van der Waals surface area contributed by atoms with E-state index in [1.54, 1.807) is 7.05 Å². The minimum Gasteiger partial charge on any atom is -0.451 e. The molecule has 0 atom stereocenters. The lowest BCUT2D eigenvalue weighted by molar-refractivity contribution is -0.384. The van der Waals surface area contributed by atoms with Gasteiger partial charge in [0.15, 0.2) is 5.76 Å². The Bertz CT molecular complexity index is 1280. The van der Waals surface area contributed by atoms with Crippen LogP contribution >= 0.6 is 0 Å². The summed E-state index contributed by atoms with van der Waals surface area (Å²) in [4.78, 5) is 36.1. The van der Waals surface area contributed by atoms with E-state index in [4.69, 9.17) is 4.42 Å². The molecule has 0 aliphatic heterocycles. The molecule has 166 valence electrons. The van der Waals surface area contributed by atoms with Gasteiger partial charge in [0.1, 0.15) is 5.76 Å². The van der Waals surface area contributed by atoms with E-state index in [-0.39, 0.29) is 28.8 Å². The Morgan fingerprint density at radius 3 is 2.00 bits per heavy atom. The molecule has 1 heterocycles. The molecule has 0 N–H and O–H groups in total. The Morgan fingerprint density at radius 2 is 1.50 bits per heavy atom. The van der Waals surface area contributed by atoms with Crippen LogP contribution in [-0.2, 0) is 14.8 Å². The molecule has 10 nitrogen and oxygen atoms in total. The summed E-state index contributed by atoms with van der Waals surface area (Å²) in [5, 5.41) is 10.8. The number of nitro benzene ring substituents is 1. The average molecular weight is 457 g/mol. The van der Waals surface area contributed by atoms with Crippen molar-refractivity contribution in [1.29, 1.82) is 0 Å². The van der Waals surface area contributed by atoms with Gasteiger partial charge in [-0.1, -0.05) is 0 Å². The molecule has 0 saturated carbocycles. The molecule has 3 aromatic rings. The Balaban J connectivity index is 1.92. The smallest absolute Gasteiger partial charge is 0.307 e. The summed E-state index contributed by atoms with van der Waals surface area (Å²) in [7, 11) is -2.45. The number of furan rings is 1. The number of non-ortho nitro benzene ring substituents is 1. The van der Waals surface area contributed by atoms with Crippen molar-refractivity contribution < 1.29 is 27.3 Å². The van der Waals surface area contributed by atoms with Crippen molar-refractivity contribution in [2.45, 2.75) is 6.92 Å². The maximum absolute atomic E-state index is 13.0. The number of benzene rings is 2. The Hall–Kier alpha value is -3.99. The first-order chi connectivity index (χ1) is 15.0. The van der Waals surface area contributed by atoms with Gasteiger partial charge in [-0.25, -0.2) is 12.7 Å². The normalized spacial score (nSPS) is 11.1. The number of hydrogen-bond acceptors (Lipinski definition) is 7. The first-order valence-electron chi connectivity index (χ1n) is 9.22. The van der Waals surface area contributed by atoms with E-state index >= 15 is 0 Å². The topological polar surface area (TPSA) is 131 Å². The highest BCUT2D eigenvalue weighted by molar-refractivity contribution is 7.92. The van der Waals surface area contributed by atoms with Crippen molar-refractivity contribution in [3.8, 4) is 11.3 Å². The summed E-state index contributed by atoms with van der Waals surface area (Å²) < 4.78 is 30.9. The lowest BCUT2D eigenvalue weighted by Gasteiger charge is -2.21. The van der Waals surface area contributed by atoms with Gasteiger partial charge < -0.3 is 9.32 Å². The van der Waals surface area contributed by atoms with E-state index in [1.807, 2.05) is 0 Å². The minimum absolute atomic E-state index is 0.0755. The molecule has 0 spiro atoms. The van der Waals surface area contributed by atoms with Gasteiger partial charge in [0.2, 0.25) is 15.9 Å². The fourth-order valence-electron chi connectivity index (χ4n) is 2.91. The van der Waals surface area contributed by atoms with E-state index < -0.39 is 20.9 Å². The molecule has 0 aliphatic carbocycles. The zero-order valence-electron chi connectivity index (χ0n) is 17.4. The number of sulfonamides is 1. The van der Waals surface area contributed by atoms with Crippen LogP contribution in [0, 0.1) is 10.1 Å². The van der Waals surface area contributed by atoms with E-state index in [9.17, 15) is 28.1 Å². The number of amides is 2. The number of nitro groups is 1. The summed E-state index contributed by atoms with van der Waals surface area (Å²) >= 11 is 0. The van der Waals surface area contributed by atoms with E-state index in [1.165, 1.54) is 72.5 Å². The first kappa shape index (κ1) is 22.7. The summed E-state index contributed by atoms with van der Waals surface area (Å²) in [5.41, 5.74) is 0.989. The van der Waals surface area contributed by atoms with Crippen molar-refractivity contribution in [2.75, 3.05) is 22.5 Å². The van der Waals surface area contributed by atoms with Crippen molar-refractivity contribution in [2.24, 2.45) is 0 Å². The van der Waals surface area contributed by atoms with Gasteiger partial charge in [-0.15, -0.1) is 0 Å². The highest BCUT2D eigenvalue weighted by atomic mass is 32.2. The second-order valence-corrected chi connectivity index (χ2v) is 8.73. The zero-order chi connectivity index (χ0) is 23.6. The number of carbonyl (C=O) groups is 2. The zero-order valence-corrected chi connectivity index (χ0v) is 18.2. The Kier molecular flexibility index (Phi) is 6.12. The third-order valence-corrected chi connectivity index (χ3v) is 5.68. The van der Waals surface area contributed by atoms with Crippen LogP contribution in [0.25, 0.3) is 11.3 Å². The second-order valence-electron chi connectivity index (χ2n) is 6.89. The highest BCUT2D eigenvalue weighted by Crippen LogP contribution is 2.28. The molecule has 2 aromatic carbocycles. The molecule has 0 bridgehead atoms. The predicted molar refractivity (Wildman–Crippen MR) is 118 cm³/mol. The molecule has 2 amide bonds. The lowest BCUT2D eigenvalue weighted by atomic mass is 10.1. The summed E-state index contributed by atoms with van der Waals surface area (Å²) in [6.45, 7) is 1.39. The lowest BCUT2D eigenvalue weighted by Crippen LogP contribution is -2.36. The molecule has 0 aliphatic rings. The quantitative estimate of drug-likeness (QED) is 0.409. The SMILES string of the molecule is CC(=O)N(C)c1ccc(N(C(=O)c2ccc(-c3ccc([N+](=O)[O-])cc3)o2)S(C)(=O)=O)cc1. The maximum Gasteiger partial charge on any atom is 0.307 e. The fraction of sp³-hybridized carbons (Fsp3) is 0.143. The van der Waals surface area contributed by atoms with E-state index in [0.717, 1.165) is 6.26 Å². The molecule has 32 heavy (non-hydrogen) atoms. The molecule has 0 fully saturated rings. The number of rotatable bonds is 6. The molecule has 3 rings (SSSR count). The molecular weight excluding hydrogens is 438 g/mol. The number of hydrogen-bond donors (Lipinski definition) is 0. The van der Waals surface area contributed by atoms with Crippen LogP contribution in [0.5, 0.6) is 0 Å². The molecule has 1 aromatic heterocycles. The van der Waals surface area contributed by atoms with Gasteiger partial charge in [-0.05, 0) is 48.5 Å². The van der Waals surface area contributed by atoms with Crippen molar-refractivity contribution in [3.63, 3.8) is 0 Å². The van der Waals surface area contributed by atoms with Crippen LogP contribution in [0.2, 0.25) is 0 Å². The third kappa shape index (κ3) is 4.67. The number of anilines is 2. The van der Waals surface area contributed by atoms with E-state index in [0.29, 0.717) is 15.6 Å². The summed E-state index contributed by atoms with van der Waals surface area (Å²) in [6.07, 6.45) is 0.890. The van der Waals surface area contributed by atoms with Crippen molar-refractivity contribution in [1.82, 2.24) is 0 Å². The van der Waals surface area contributed by atoms with Crippen molar-refractivity contribution >= 4 is 38.9 Å². The fourth-order valence-corrected chi connectivity index (χ4v) is 3.80. The largest absolute Gasteiger partial charge is 0.451 e. The number of nitrogens with zero attached hydrogens (tertiary/aromatic N) is 3. The van der Waals surface area contributed by atoms with Gasteiger partial charge >= 0.3 is 5.91 Å². The van der Waals surface area contributed by atoms with Gasteiger partial charge in [0, 0.05) is 37.4 Å². The first-order valence-corrected chi connectivity index (χ1v) is 11.1. The van der Waals surface area contributed by atoms with Crippen molar-refractivity contribution in [3.05, 3.63) is 76.5 Å². The van der Waals surface area contributed by atoms with Gasteiger partial charge in [0.05, 0.1) is 16.9 Å². The molecule has 0 radical (unpaired) electrons. The Morgan fingerprint density at radius 1 is 0.938 bits per heavy atom. The maximum atomic E-state index is 13.0. The van der Waals surface area contributed by atoms with Gasteiger partial charge in [0.25, 0.3) is 5.69 Å². The van der Waals surface area contributed by atoms with Crippen LogP contribution in [0.4, 0.5) is 17.1 Å². The van der Waals surface area contributed by atoms with Crippen LogP contribution < -0.4 is 9.21 Å². The van der Waals surface area contributed by atoms with Crippen LogP contribution in [0.3, 0.4) is 0 Å². The van der Waals surface area contributed by atoms with Crippen LogP contribution in [0.1, 0.15) is 17.5 Å². The third-order valence-electron chi connectivity index (χ3n) is 4.64. The van der Waals surface area contributed by atoms with Crippen LogP contribution in [0.15, 0.2) is 65.1 Å². The molecule has 0 saturated heterocycles. The van der Waals surface area contributed by atoms with Crippen LogP contribution in [-0.4, -0.2) is 38.5 Å². The Labute approximate surface area is 183 Å². The molecule has 0 unspecified atom stereocenters. The minimum atomic E-state index is -4.02. The molecule has 11 heteroatoms. The van der Waals surface area contributed by atoms with Gasteiger partial charge in [-0.2, -0.15) is 0 Å². The predicted octanol–water partition coefficient (Wildman–Crippen LogP) is 3.44. The average Bonchev–Trinajstić information content (AvgIpc) is 3.23.